The van der Waals surface area contributed by atoms with Crippen LogP contribution in [-0.2, 0) is 0 Å². The van der Waals surface area contributed by atoms with Gasteiger partial charge < -0.3 is 20.9 Å². The fourth-order valence-electron chi connectivity index (χ4n) is 4.60. The maximum Gasteiger partial charge on any atom is 0.127 e. The van der Waals surface area contributed by atoms with Crippen molar-refractivity contribution in [1.82, 2.24) is 9.80 Å². The third-order valence-corrected chi connectivity index (χ3v) is 6.13. The fraction of sp³-hybridized carbons (Fsp3) is 0.667. The van der Waals surface area contributed by atoms with Gasteiger partial charge in [0.05, 0.1) is 0 Å². The molecule has 1 unspecified atom stereocenters. The van der Waals surface area contributed by atoms with Crippen molar-refractivity contribution in [3.63, 3.8) is 0 Å². The van der Waals surface area contributed by atoms with Crippen LogP contribution in [0.15, 0.2) is 23.2 Å². The Balaban J connectivity index is 1.57. The first-order valence-electron chi connectivity index (χ1n) is 10.1. The van der Waals surface area contributed by atoms with Crippen LogP contribution in [0.3, 0.4) is 0 Å². The minimum absolute atomic E-state index is 0.591. The Morgan fingerprint density at radius 2 is 2.00 bits per heavy atom. The van der Waals surface area contributed by atoms with E-state index in [1.54, 1.807) is 7.05 Å². The molecule has 0 amide bonds. The predicted octanol–water partition coefficient (Wildman–Crippen LogP) is 2.58. The molecule has 3 rings (SSSR count). The van der Waals surface area contributed by atoms with Crippen LogP contribution in [0.4, 0.5) is 5.69 Å². The lowest BCUT2D eigenvalue weighted by Crippen LogP contribution is -2.42. The molecule has 26 heavy (non-hydrogen) atoms. The van der Waals surface area contributed by atoms with E-state index in [4.69, 9.17) is 5.73 Å². The van der Waals surface area contributed by atoms with E-state index in [0.29, 0.717) is 11.8 Å². The first-order valence-corrected chi connectivity index (χ1v) is 10.1. The topological polar surface area (TPSA) is 56.9 Å². The summed E-state index contributed by atoms with van der Waals surface area (Å²) in [6.07, 6.45) is 5.27. The van der Waals surface area contributed by atoms with Gasteiger partial charge >= 0.3 is 0 Å². The molecule has 144 valence electrons. The van der Waals surface area contributed by atoms with Gasteiger partial charge in [0.2, 0.25) is 0 Å². The maximum absolute atomic E-state index is 6.02. The zero-order valence-electron chi connectivity index (χ0n) is 16.7. The monoisotopic (exact) mass is 357 g/mol. The molecule has 2 aliphatic rings. The summed E-state index contributed by atoms with van der Waals surface area (Å²) < 4.78 is 0. The van der Waals surface area contributed by atoms with Gasteiger partial charge in [0, 0.05) is 38.4 Å². The summed E-state index contributed by atoms with van der Waals surface area (Å²) in [5.41, 5.74) is 9.53. The number of benzene rings is 1. The van der Waals surface area contributed by atoms with E-state index in [1.807, 2.05) is 7.05 Å². The maximum atomic E-state index is 6.02. The minimum atomic E-state index is 0.591. The molecule has 2 saturated heterocycles. The van der Waals surface area contributed by atoms with Crippen LogP contribution >= 0.6 is 0 Å². The van der Waals surface area contributed by atoms with E-state index >= 15 is 0 Å². The molecule has 5 heteroatoms. The standard InChI is InChI=1S/C21H35N5/c1-23-20-13-18(6-7-19(20)21(22)24-2)17-8-11-26(12-9-17)15-16-5-4-10-25(3)14-16/h6-7,13,16-17,23H,4-5,8-12,14-15H2,1-3H3,(H2,22,24). The van der Waals surface area contributed by atoms with Crippen molar-refractivity contribution in [3.05, 3.63) is 29.3 Å². The smallest absolute Gasteiger partial charge is 0.127 e. The van der Waals surface area contributed by atoms with Crippen molar-refractivity contribution in [2.24, 2.45) is 16.6 Å². The molecule has 2 heterocycles. The van der Waals surface area contributed by atoms with E-state index in [-0.39, 0.29) is 0 Å². The van der Waals surface area contributed by atoms with Gasteiger partial charge in [-0.1, -0.05) is 6.07 Å². The number of piperidine rings is 2. The summed E-state index contributed by atoms with van der Waals surface area (Å²) >= 11 is 0. The second-order valence-corrected chi connectivity index (χ2v) is 8.01. The molecular weight excluding hydrogens is 322 g/mol. The number of amidine groups is 1. The Kier molecular flexibility index (Phi) is 6.54. The Hall–Kier alpha value is -1.59. The molecule has 0 spiro atoms. The number of hydrogen-bond acceptors (Lipinski definition) is 4. The summed E-state index contributed by atoms with van der Waals surface area (Å²) in [5, 5.41) is 3.28. The van der Waals surface area contributed by atoms with Crippen LogP contribution in [-0.4, -0.2) is 69.5 Å². The average Bonchev–Trinajstić information content (AvgIpc) is 2.67. The quantitative estimate of drug-likeness (QED) is 0.628. The highest BCUT2D eigenvalue weighted by atomic mass is 15.2. The number of anilines is 1. The van der Waals surface area contributed by atoms with Gasteiger partial charge in [-0.3, -0.25) is 4.99 Å². The lowest BCUT2D eigenvalue weighted by atomic mass is 9.87. The number of nitrogens with one attached hydrogen (secondary N) is 1. The summed E-state index contributed by atoms with van der Waals surface area (Å²) in [6.45, 7) is 6.27. The van der Waals surface area contributed by atoms with Gasteiger partial charge in [-0.25, -0.2) is 0 Å². The summed E-state index contributed by atoms with van der Waals surface area (Å²) in [7, 11) is 5.95. The Labute approximate surface area is 158 Å². The van der Waals surface area contributed by atoms with Gasteiger partial charge in [0.15, 0.2) is 0 Å². The Morgan fingerprint density at radius 1 is 1.23 bits per heavy atom. The zero-order valence-corrected chi connectivity index (χ0v) is 16.7. The summed E-state index contributed by atoms with van der Waals surface area (Å²) in [5.74, 6) is 2.10. The van der Waals surface area contributed by atoms with Crippen LogP contribution in [0.5, 0.6) is 0 Å². The van der Waals surface area contributed by atoms with Crippen molar-refractivity contribution in [3.8, 4) is 0 Å². The van der Waals surface area contributed by atoms with E-state index in [2.05, 4.69) is 45.4 Å². The number of rotatable bonds is 5. The highest BCUT2D eigenvalue weighted by Gasteiger charge is 2.25. The summed E-state index contributed by atoms with van der Waals surface area (Å²) in [4.78, 5) is 9.31. The highest BCUT2D eigenvalue weighted by molar-refractivity contribution is 6.02. The molecule has 0 saturated carbocycles. The molecule has 1 aromatic rings. The fourth-order valence-corrected chi connectivity index (χ4v) is 4.60. The minimum Gasteiger partial charge on any atom is -0.388 e. The highest BCUT2D eigenvalue weighted by Crippen LogP contribution is 2.31. The molecule has 2 aliphatic heterocycles. The Morgan fingerprint density at radius 3 is 2.65 bits per heavy atom. The molecule has 1 aromatic carbocycles. The first kappa shape index (κ1) is 19.2. The zero-order chi connectivity index (χ0) is 18.5. The third kappa shape index (κ3) is 4.57. The SMILES string of the molecule is CN=C(N)c1ccc(C2CCN(CC3CCCN(C)C3)CC2)cc1NC. The van der Waals surface area contributed by atoms with Gasteiger partial charge in [-0.15, -0.1) is 0 Å². The Bertz CT molecular complexity index is 619. The van der Waals surface area contributed by atoms with Crippen molar-refractivity contribution in [2.45, 2.75) is 31.6 Å². The van der Waals surface area contributed by atoms with Crippen LogP contribution in [0, 0.1) is 5.92 Å². The van der Waals surface area contributed by atoms with Crippen molar-refractivity contribution < 1.29 is 0 Å². The molecule has 1 atom stereocenters. The van der Waals surface area contributed by atoms with Gasteiger partial charge in [-0.05, 0) is 81.9 Å². The first-order chi connectivity index (χ1) is 12.6. The van der Waals surface area contributed by atoms with E-state index in [9.17, 15) is 0 Å². The average molecular weight is 358 g/mol. The summed E-state index contributed by atoms with van der Waals surface area (Å²) in [6, 6.07) is 6.63. The molecule has 5 nitrogen and oxygen atoms in total. The third-order valence-electron chi connectivity index (χ3n) is 6.13. The van der Waals surface area contributed by atoms with E-state index < -0.39 is 0 Å². The second kappa shape index (κ2) is 8.87. The van der Waals surface area contributed by atoms with Gasteiger partial charge in [0.25, 0.3) is 0 Å². The van der Waals surface area contributed by atoms with Crippen LogP contribution in [0.1, 0.15) is 42.7 Å². The van der Waals surface area contributed by atoms with Crippen LogP contribution in [0.25, 0.3) is 0 Å². The van der Waals surface area contributed by atoms with Crippen molar-refractivity contribution in [2.75, 3.05) is 59.2 Å². The molecule has 0 aliphatic carbocycles. The number of nitrogens with zero attached hydrogens (tertiary/aromatic N) is 3. The molecule has 3 N–H and O–H groups in total. The molecule has 0 aromatic heterocycles. The van der Waals surface area contributed by atoms with Crippen molar-refractivity contribution >= 4 is 11.5 Å². The molecule has 2 fully saturated rings. The normalized spacial score (nSPS) is 24.0. The number of likely N-dealkylation sites (tertiary alicyclic amines) is 2. The predicted molar refractivity (Wildman–Crippen MR) is 111 cm³/mol. The van der Waals surface area contributed by atoms with Crippen LogP contribution < -0.4 is 11.1 Å². The lowest BCUT2D eigenvalue weighted by molar-refractivity contribution is 0.132. The number of nitrogens with two attached hydrogens (primary N) is 1. The van der Waals surface area contributed by atoms with Crippen LogP contribution in [0.2, 0.25) is 0 Å². The molecular formula is C21H35N5. The van der Waals surface area contributed by atoms with E-state index in [0.717, 1.165) is 17.2 Å². The van der Waals surface area contributed by atoms with Crippen molar-refractivity contribution in [1.29, 1.82) is 0 Å². The lowest BCUT2D eigenvalue weighted by Gasteiger charge is -2.37. The largest absolute Gasteiger partial charge is 0.388 e. The van der Waals surface area contributed by atoms with E-state index in [1.165, 1.54) is 64.0 Å². The molecule has 0 bridgehead atoms. The molecule has 0 radical (unpaired) electrons. The number of hydrogen-bond donors (Lipinski definition) is 2. The van der Waals surface area contributed by atoms with Gasteiger partial charge in [-0.2, -0.15) is 0 Å². The van der Waals surface area contributed by atoms with Gasteiger partial charge in [0.1, 0.15) is 5.84 Å². The second-order valence-electron chi connectivity index (χ2n) is 8.01. The number of aliphatic imine (C=N–C) groups is 1.